The molecule has 1 atom stereocenters. The highest BCUT2D eigenvalue weighted by molar-refractivity contribution is 5.95. The Morgan fingerprint density at radius 1 is 1.02 bits per heavy atom. The van der Waals surface area contributed by atoms with E-state index in [9.17, 15) is 9.59 Å². The lowest BCUT2D eigenvalue weighted by molar-refractivity contribution is -0.128. The van der Waals surface area contributed by atoms with Crippen LogP contribution in [0.2, 0.25) is 0 Å². The smallest absolute Gasteiger partial charge is 0.251 e. The van der Waals surface area contributed by atoms with Gasteiger partial charge in [-0.2, -0.15) is 10.2 Å². The number of hydrogen-bond donors (Lipinski definition) is 1. The Morgan fingerprint density at radius 2 is 1.80 bits per heavy atom. The molecule has 3 heterocycles. The molecule has 0 radical (unpaired) electrons. The lowest BCUT2D eigenvalue weighted by Crippen LogP contribution is -2.47. The molecule has 8 nitrogen and oxygen atoms in total. The van der Waals surface area contributed by atoms with Crippen LogP contribution in [-0.4, -0.2) is 63.5 Å². The molecule has 1 aromatic heterocycles. The van der Waals surface area contributed by atoms with Crippen molar-refractivity contribution in [2.24, 2.45) is 5.92 Å². The maximum atomic E-state index is 15.4. The number of rotatable bonds is 10. The van der Waals surface area contributed by atoms with Gasteiger partial charge in [-0.15, -0.1) is 0 Å². The number of amides is 2. The predicted octanol–water partition coefficient (Wildman–Crippen LogP) is 7.09. The van der Waals surface area contributed by atoms with Crippen molar-refractivity contribution in [3.05, 3.63) is 71.2 Å². The number of carbonyl (C=O) groups excluding carboxylic acids is 2. The summed E-state index contributed by atoms with van der Waals surface area (Å²) in [4.78, 5) is 30.6. The molecule has 0 bridgehead atoms. The average Bonchev–Trinajstić information content (AvgIpc) is 3.72. The summed E-state index contributed by atoms with van der Waals surface area (Å²) in [6.45, 7) is 9.25. The summed E-state index contributed by atoms with van der Waals surface area (Å²) < 4.78 is 21.7. The van der Waals surface area contributed by atoms with Gasteiger partial charge in [0.1, 0.15) is 17.3 Å². The number of piperidine rings is 1. The first-order valence-corrected chi connectivity index (χ1v) is 17.0. The molecule has 6 rings (SSSR count). The van der Waals surface area contributed by atoms with Crippen molar-refractivity contribution in [2.45, 2.75) is 96.7 Å². The van der Waals surface area contributed by atoms with Crippen molar-refractivity contribution in [2.75, 3.05) is 19.6 Å². The molecule has 1 saturated carbocycles. The fraction of sp³-hybridized carbons (Fsp3) is 0.514. The highest BCUT2D eigenvalue weighted by Gasteiger charge is 2.30. The molecule has 1 unspecified atom stereocenters. The van der Waals surface area contributed by atoms with E-state index in [1.165, 1.54) is 31.7 Å². The van der Waals surface area contributed by atoms with Crippen LogP contribution >= 0.6 is 0 Å². The molecular weight excluding hydrogens is 581 g/mol. The maximum Gasteiger partial charge on any atom is 0.251 e. The van der Waals surface area contributed by atoms with Crippen molar-refractivity contribution in [1.82, 2.24) is 25.3 Å². The second kappa shape index (κ2) is 14.3. The van der Waals surface area contributed by atoms with Gasteiger partial charge in [0.2, 0.25) is 5.91 Å². The molecule has 2 amide bonds. The third-order valence-corrected chi connectivity index (χ3v) is 9.99. The van der Waals surface area contributed by atoms with Crippen LogP contribution in [0.25, 0.3) is 11.3 Å². The Balaban J connectivity index is 1.19. The molecule has 46 heavy (non-hydrogen) atoms. The van der Waals surface area contributed by atoms with Crippen LogP contribution in [0.1, 0.15) is 99.7 Å². The van der Waals surface area contributed by atoms with E-state index < -0.39 is 5.82 Å². The zero-order chi connectivity index (χ0) is 32.2. The van der Waals surface area contributed by atoms with Gasteiger partial charge in [0.15, 0.2) is 0 Å². The molecule has 1 N–H and O–H groups in total. The van der Waals surface area contributed by atoms with Crippen LogP contribution in [0.4, 0.5) is 4.39 Å². The SMILES string of the molecule is CCC1CC(=O)N(Cc2ccc(C(=O)NC3CCN(C4CCCC4)CC3)cc2Oc2ccc(-c3ccc(C(C)C)nn3)c(F)c2)C1. The molecule has 2 saturated heterocycles. The highest BCUT2D eigenvalue weighted by atomic mass is 19.1. The molecule has 3 aromatic rings. The van der Waals surface area contributed by atoms with E-state index in [0.717, 1.165) is 43.6 Å². The van der Waals surface area contributed by atoms with Crippen molar-refractivity contribution in [3.8, 4) is 22.8 Å². The standard InChI is InChI=1S/C37H46FN5O3/c1-4-25-19-36(44)43(22-25)23-27-10-9-26(37(45)39-28-15-17-42(18-16-28)29-7-5-6-8-29)20-35(27)46-30-11-12-31(32(38)21-30)34-14-13-33(24(2)3)40-41-34/h9-14,20-21,24-25,28-29H,4-8,15-19,22-23H2,1-3H3,(H,39,45). The van der Waals surface area contributed by atoms with E-state index in [1.54, 1.807) is 30.3 Å². The van der Waals surface area contributed by atoms with Gasteiger partial charge >= 0.3 is 0 Å². The monoisotopic (exact) mass is 627 g/mol. The van der Waals surface area contributed by atoms with E-state index in [-0.39, 0.29) is 23.8 Å². The number of nitrogens with one attached hydrogen (secondary N) is 1. The average molecular weight is 628 g/mol. The fourth-order valence-electron chi connectivity index (χ4n) is 7.04. The molecule has 244 valence electrons. The minimum atomic E-state index is -0.482. The lowest BCUT2D eigenvalue weighted by Gasteiger charge is -2.36. The van der Waals surface area contributed by atoms with Crippen molar-refractivity contribution < 1.29 is 18.7 Å². The number of carbonyl (C=O) groups is 2. The van der Waals surface area contributed by atoms with Crippen LogP contribution < -0.4 is 10.1 Å². The van der Waals surface area contributed by atoms with E-state index >= 15 is 4.39 Å². The summed E-state index contributed by atoms with van der Waals surface area (Å²) in [5, 5.41) is 11.7. The van der Waals surface area contributed by atoms with Gasteiger partial charge in [0, 0.05) is 67.4 Å². The van der Waals surface area contributed by atoms with Crippen LogP contribution in [0, 0.1) is 11.7 Å². The number of halogens is 1. The van der Waals surface area contributed by atoms with Crippen molar-refractivity contribution in [3.63, 3.8) is 0 Å². The van der Waals surface area contributed by atoms with Gasteiger partial charge in [-0.25, -0.2) is 4.39 Å². The Labute approximate surface area is 271 Å². The number of benzene rings is 2. The number of nitrogens with zero attached hydrogens (tertiary/aromatic N) is 4. The van der Waals surface area contributed by atoms with Gasteiger partial charge in [0.05, 0.1) is 11.4 Å². The lowest BCUT2D eigenvalue weighted by atomic mass is 10.0. The molecule has 2 aliphatic heterocycles. The van der Waals surface area contributed by atoms with Gasteiger partial charge in [0.25, 0.3) is 5.91 Å². The fourth-order valence-corrected chi connectivity index (χ4v) is 7.04. The van der Waals surface area contributed by atoms with Gasteiger partial charge in [-0.1, -0.05) is 46.1 Å². The first-order chi connectivity index (χ1) is 22.3. The largest absolute Gasteiger partial charge is 0.457 e. The van der Waals surface area contributed by atoms with Crippen LogP contribution in [0.5, 0.6) is 11.5 Å². The zero-order valence-electron chi connectivity index (χ0n) is 27.3. The van der Waals surface area contributed by atoms with Crippen LogP contribution in [0.15, 0.2) is 48.5 Å². The summed E-state index contributed by atoms with van der Waals surface area (Å²) in [7, 11) is 0. The van der Waals surface area contributed by atoms with Gasteiger partial charge < -0.3 is 19.9 Å². The van der Waals surface area contributed by atoms with E-state index in [4.69, 9.17) is 4.74 Å². The topological polar surface area (TPSA) is 87.7 Å². The van der Waals surface area contributed by atoms with E-state index in [2.05, 4.69) is 27.3 Å². The Bertz CT molecular complexity index is 1530. The van der Waals surface area contributed by atoms with Crippen molar-refractivity contribution >= 4 is 11.8 Å². The summed E-state index contributed by atoms with van der Waals surface area (Å²) in [6, 6.07) is 14.5. The minimum absolute atomic E-state index is 0.114. The third kappa shape index (κ3) is 7.41. The molecule has 1 aliphatic carbocycles. The molecular formula is C37H46FN5O3. The predicted molar refractivity (Wildman–Crippen MR) is 176 cm³/mol. The summed E-state index contributed by atoms with van der Waals surface area (Å²) in [6.07, 6.45) is 8.60. The number of hydrogen-bond acceptors (Lipinski definition) is 6. The third-order valence-electron chi connectivity index (χ3n) is 9.99. The molecule has 2 aromatic carbocycles. The van der Waals surface area contributed by atoms with Crippen molar-refractivity contribution in [1.29, 1.82) is 0 Å². The number of aromatic nitrogens is 2. The molecule has 3 fully saturated rings. The second-order valence-corrected chi connectivity index (χ2v) is 13.5. The first-order valence-electron chi connectivity index (χ1n) is 17.0. The quantitative estimate of drug-likeness (QED) is 0.258. The van der Waals surface area contributed by atoms with E-state index in [0.29, 0.717) is 59.8 Å². The maximum absolute atomic E-state index is 15.4. The summed E-state index contributed by atoms with van der Waals surface area (Å²) in [5.74, 6) is 0.778. The molecule has 3 aliphatic rings. The van der Waals surface area contributed by atoms with Crippen LogP contribution in [-0.2, 0) is 11.3 Å². The Morgan fingerprint density at radius 3 is 2.46 bits per heavy atom. The second-order valence-electron chi connectivity index (χ2n) is 13.5. The Kier molecular flexibility index (Phi) is 9.97. The van der Waals surface area contributed by atoms with Crippen LogP contribution in [0.3, 0.4) is 0 Å². The zero-order valence-corrected chi connectivity index (χ0v) is 27.3. The summed E-state index contributed by atoms with van der Waals surface area (Å²) >= 11 is 0. The Hall–Kier alpha value is -3.85. The molecule has 0 spiro atoms. The van der Waals surface area contributed by atoms with Gasteiger partial charge in [-0.3, -0.25) is 9.59 Å². The van der Waals surface area contributed by atoms with Gasteiger partial charge in [-0.05, 0) is 73.9 Å². The first kappa shape index (κ1) is 32.1. The van der Waals surface area contributed by atoms with E-state index in [1.807, 2.05) is 30.9 Å². The number of likely N-dealkylation sites (tertiary alicyclic amines) is 2. The normalized spacial score (nSPS) is 19.7. The minimum Gasteiger partial charge on any atom is -0.457 e. The summed E-state index contributed by atoms with van der Waals surface area (Å²) in [5.41, 5.74) is 2.87. The highest BCUT2D eigenvalue weighted by Crippen LogP contribution is 2.33. The molecule has 9 heteroatoms. The number of ether oxygens (including phenoxy) is 1.